The highest BCUT2D eigenvalue weighted by atomic mass is 16.2. The summed E-state index contributed by atoms with van der Waals surface area (Å²) in [6, 6.07) is 8.61. The van der Waals surface area contributed by atoms with Crippen LogP contribution in [-0.4, -0.2) is 35.3 Å². The molecule has 1 heterocycles. The molecule has 1 spiro atoms. The molecule has 2 fully saturated rings. The Morgan fingerprint density at radius 3 is 2.32 bits per heavy atom. The van der Waals surface area contributed by atoms with E-state index in [1.165, 1.54) is 22.4 Å². The molecule has 1 aromatic carbocycles. The molecule has 1 saturated carbocycles. The van der Waals surface area contributed by atoms with Gasteiger partial charge in [0.25, 0.3) is 0 Å². The highest BCUT2D eigenvalue weighted by molar-refractivity contribution is 6.05. The van der Waals surface area contributed by atoms with E-state index in [0.29, 0.717) is 19.0 Å². The Balaban J connectivity index is 1.61. The normalized spacial score (nSPS) is 20.3. The van der Waals surface area contributed by atoms with Gasteiger partial charge in [0, 0.05) is 13.0 Å². The van der Waals surface area contributed by atoms with Crippen LogP contribution >= 0.6 is 0 Å². The minimum Gasteiger partial charge on any atom is -0.284 e. The average molecular weight is 342 g/mol. The van der Waals surface area contributed by atoms with Crippen molar-refractivity contribution in [2.45, 2.75) is 64.8 Å². The molecule has 1 aromatic rings. The second kappa shape index (κ2) is 7.28. The standard InChI is InChI=1S/C21H30N2O2/c1-16(2)18-9-7-17(8-10-18)14-22(3)15-23-19(24)13-21(20(23)25)11-5-4-6-12-21/h7-10,16H,4-6,11-15H2,1-3H3. The number of hydrogen-bond donors (Lipinski definition) is 0. The third-order valence-corrected chi connectivity index (χ3v) is 5.78. The highest BCUT2D eigenvalue weighted by Crippen LogP contribution is 2.45. The van der Waals surface area contributed by atoms with Crippen LogP contribution in [0.1, 0.15) is 69.4 Å². The number of hydrogen-bond acceptors (Lipinski definition) is 3. The molecule has 0 radical (unpaired) electrons. The van der Waals surface area contributed by atoms with E-state index in [1.807, 2.05) is 7.05 Å². The number of imide groups is 1. The molecule has 2 amide bonds. The second-order valence-corrected chi connectivity index (χ2v) is 8.20. The summed E-state index contributed by atoms with van der Waals surface area (Å²) >= 11 is 0. The minimum absolute atomic E-state index is 0.00825. The van der Waals surface area contributed by atoms with Crippen LogP contribution in [-0.2, 0) is 16.1 Å². The Morgan fingerprint density at radius 1 is 1.08 bits per heavy atom. The molecule has 136 valence electrons. The van der Waals surface area contributed by atoms with Gasteiger partial charge in [0.2, 0.25) is 11.8 Å². The summed E-state index contributed by atoms with van der Waals surface area (Å²) < 4.78 is 0. The SMILES string of the molecule is CC(C)c1ccc(CN(C)CN2C(=O)CC3(CCCCC3)C2=O)cc1. The van der Waals surface area contributed by atoms with Crippen molar-refractivity contribution in [3.8, 4) is 0 Å². The Hall–Kier alpha value is -1.68. The molecule has 1 saturated heterocycles. The lowest BCUT2D eigenvalue weighted by atomic mass is 9.73. The first-order chi connectivity index (χ1) is 11.9. The van der Waals surface area contributed by atoms with E-state index in [2.05, 4.69) is 43.0 Å². The van der Waals surface area contributed by atoms with E-state index in [9.17, 15) is 9.59 Å². The summed E-state index contributed by atoms with van der Waals surface area (Å²) in [4.78, 5) is 28.9. The lowest BCUT2D eigenvalue weighted by Crippen LogP contribution is -2.42. The van der Waals surface area contributed by atoms with Gasteiger partial charge in [-0.15, -0.1) is 0 Å². The Kier molecular flexibility index (Phi) is 5.28. The smallest absolute Gasteiger partial charge is 0.237 e. The predicted molar refractivity (Wildman–Crippen MR) is 98.9 cm³/mol. The van der Waals surface area contributed by atoms with Gasteiger partial charge in [-0.1, -0.05) is 57.4 Å². The van der Waals surface area contributed by atoms with Crippen molar-refractivity contribution in [1.82, 2.24) is 9.80 Å². The molecule has 0 N–H and O–H groups in total. The number of benzene rings is 1. The topological polar surface area (TPSA) is 40.6 Å². The molecule has 3 rings (SSSR count). The van der Waals surface area contributed by atoms with E-state index in [4.69, 9.17) is 0 Å². The fraction of sp³-hybridized carbons (Fsp3) is 0.619. The molecule has 2 aliphatic rings. The predicted octanol–water partition coefficient (Wildman–Crippen LogP) is 3.91. The Bertz CT molecular complexity index is 630. The van der Waals surface area contributed by atoms with Gasteiger partial charge in [-0.2, -0.15) is 0 Å². The molecule has 0 aromatic heterocycles. The highest BCUT2D eigenvalue weighted by Gasteiger charge is 2.51. The van der Waals surface area contributed by atoms with E-state index in [0.717, 1.165) is 32.2 Å². The van der Waals surface area contributed by atoms with Crippen LogP contribution in [0, 0.1) is 5.41 Å². The molecule has 0 bridgehead atoms. The van der Waals surface area contributed by atoms with Crippen molar-refractivity contribution >= 4 is 11.8 Å². The van der Waals surface area contributed by atoms with E-state index >= 15 is 0 Å². The quantitative estimate of drug-likeness (QED) is 0.762. The second-order valence-electron chi connectivity index (χ2n) is 8.20. The third-order valence-electron chi connectivity index (χ3n) is 5.78. The van der Waals surface area contributed by atoms with Gasteiger partial charge < -0.3 is 0 Å². The third kappa shape index (κ3) is 3.79. The van der Waals surface area contributed by atoms with Gasteiger partial charge in [-0.25, -0.2) is 0 Å². The molecular formula is C21H30N2O2. The van der Waals surface area contributed by atoms with Crippen molar-refractivity contribution in [2.75, 3.05) is 13.7 Å². The number of likely N-dealkylation sites (tertiary alicyclic amines) is 1. The first-order valence-electron chi connectivity index (χ1n) is 9.53. The van der Waals surface area contributed by atoms with Crippen molar-refractivity contribution in [3.63, 3.8) is 0 Å². The lowest BCUT2D eigenvalue weighted by molar-refractivity contribution is -0.144. The van der Waals surface area contributed by atoms with Crippen molar-refractivity contribution in [1.29, 1.82) is 0 Å². The number of amides is 2. The van der Waals surface area contributed by atoms with Gasteiger partial charge in [0.15, 0.2) is 0 Å². The van der Waals surface area contributed by atoms with Gasteiger partial charge in [-0.3, -0.25) is 19.4 Å². The number of rotatable bonds is 5. The van der Waals surface area contributed by atoms with Crippen LogP contribution in [0.15, 0.2) is 24.3 Å². The van der Waals surface area contributed by atoms with Crippen LogP contribution in [0.3, 0.4) is 0 Å². The Morgan fingerprint density at radius 2 is 1.72 bits per heavy atom. The average Bonchev–Trinajstić information content (AvgIpc) is 2.80. The maximum atomic E-state index is 12.9. The van der Waals surface area contributed by atoms with Gasteiger partial charge in [0.05, 0.1) is 12.1 Å². The molecule has 4 heteroatoms. The van der Waals surface area contributed by atoms with Crippen LogP contribution in [0.2, 0.25) is 0 Å². The molecule has 1 aliphatic carbocycles. The van der Waals surface area contributed by atoms with E-state index < -0.39 is 0 Å². The zero-order valence-electron chi connectivity index (χ0n) is 15.8. The molecule has 25 heavy (non-hydrogen) atoms. The largest absolute Gasteiger partial charge is 0.284 e. The molecule has 0 atom stereocenters. The molecule has 4 nitrogen and oxygen atoms in total. The monoisotopic (exact) mass is 342 g/mol. The van der Waals surface area contributed by atoms with Gasteiger partial charge >= 0.3 is 0 Å². The fourth-order valence-electron chi connectivity index (χ4n) is 4.23. The Labute approximate surface area is 151 Å². The van der Waals surface area contributed by atoms with Crippen LogP contribution in [0.5, 0.6) is 0 Å². The first-order valence-corrected chi connectivity index (χ1v) is 9.53. The van der Waals surface area contributed by atoms with Crippen LogP contribution in [0.4, 0.5) is 0 Å². The van der Waals surface area contributed by atoms with Crippen molar-refractivity contribution in [2.24, 2.45) is 5.41 Å². The summed E-state index contributed by atoms with van der Waals surface area (Å²) in [7, 11) is 1.97. The molecular weight excluding hydrogens is 312 g/mol. The minimum atomic E-state index is -0.380. The molecule has 0 unspecified atom stereocenters. The summed E-state index contributed by atoms with van der Waals surface area (Å²) in [6.45, 7) is 5.51. The van der Waals surface area contributed by atoms with Crippen LogP contribution < -0.4 is 0 Å². The van der Waals surface area contributed by atoms with E-state index in [-0.39, 0.29) is 17.2 Å². The summed E-state index contributed by atoms with van der Waals surface area (Å²) in [5.41, 5.74) is 2.16. The number of nitrogens with zero attached hydrogens (tertiary/aromatic N) is 2. The van der Waals surface area contributed by atoms with Crippen molar-refractivity contribution in [3.05, 3.63) is 35.4 Å². The number of carbonyl (C=O) groups excluding carboxylic acids is 2. The van der Waals surface area contributed by atoms with Crippen LogP contribution in [0.25, 0.3) is 0 Å². The summed E-state index contributed by atoms with van der Waals surface area (Å²) in [6.07, 6.45) is 5.52. The first kappa shape index (κ1) is 18.1. The molecule has 1 aliphatic heterocycles. The zero-order chi connectivity index (χ0) is 18.0. The fourth-order valence-corrected chi connectivity index (χ4v) is 4.23. The number of carbonyl (C=O) groups is 2. The summed E-state index contributed by atoms with van der Waals surface area (Å²) in [5.74, 6) is 0.603. The maximum Gasteiger partial charge on any atom is 0.237 e. The zero-order valence-corrected chi connectivity index (χ0v) is 15.8. The van der Waals surface area contributed by atoms with Gasteiger partial charge in [-0.05, 0) is 36.9 Å². The van der Waals surface area contributed by atoms with Crippen molar-refractivity contribution < 1.29 is 9.59 Å². The lowest BCUT2D eigenvalue weighted by Gasteiger charge is -2.31. The maximum absolute atomic E-state index is 12.9. The van der Waals surface area contributed by atoms with Gasteiger partial charge in [0.1, 0.15) is 0 Å². The summed E-state index contributed by atoms with van der Waals surface area (Å²) in [5, 5.41) is 0. The van der Waals surface area contributed by atoms with E-state index in [1.54, 1.807) is 0 Å².